The molecule has 0 fully saturated rings. The molecule has 0 bridgehead atoms. The van der Waals surface area contributed by atoms with Gasteiger partial charge in [-0.2, -0.15) is 0 Å². The topological polar surface area (TPSA) is 92.7 Å². The molecule has 39 heavy (non-hydrogen) atoms. The molecule has 10 heteroatoms. The number of pyridine rings is 1. The molecular weight excluding hydrogens is 532 g/mol. The molecule has 2 aromatic heterocycles. The van der Waals surface area contributed by atoms with Crippen molar-refractivity contribution in [2.75, 3.05) is 22.9 Å². The van der Waals surface area contributed by atoms with Crippen LogP contribution in [0.1, 0.15) is 21.5 Å². The first-order chi connectivity index (χ1) is 19.0. The van der Waals surface area contributed by atoms with Crippen molar-refractivity contribution in [1.29, 1.82) is 0 Å². The zero-order chi connectivity index (χ0) is 27.0. The van der Waals surface area contributed by atoms with Crippen molar-refractivity contribution >= 4 is 48.3 Å². The van der Waals surface area contributed by atoms with E-state index in [-0.39, 0.29) is 17.3 Å². The summed E-state index contributed by atoms with van der Waals surface area (Å²) >= 11 is 1.39. The van der Waals surface area contributed by atoms with E-state index in [9.17, 15) is 13.2 Å². The fourth-order valence-electron chi connectivity index (χ4n) is 4.70. The lowest BCUT2D eigenvalue weighted by atomic mass is 10.2. The quantitative estimate of drug-likeness (QED) is 0.270. The van der Waals surface area contributed by atoms with Crippen molar-refractivity contribution in [3.05, 3.63) is 108 Å². The maximum absolute atomic E-state index is 13.8. The average molecular weight is 557 g/mol. The lowest BCUT2D eigenvalue weighted by Gasteiger charge is -2.21. The van der Waals surface area contributed by atoms with Gasteiger partial charge in [0.2, 0.25) is 0 Å². The summed E-state index contributed by atoms with van der Waals surface area (Å²) in [5, 5.41) is 0.508. The second-order valence-electron chi connectivity index (χ2n) is 9.04. The number of amides is 1. The van der Waals surface area contributed by atoms with Crippen LogP contribution in [0.25, 0.3) is 10.2 Å². The number of fused-ring (bicyclic) bond motifs is 2. The minimum atomic E-state index is -3.76. The first-order valence-electron chi connectivity index (χ1n) is 12.3. The molecule has 0 N–H and O–H groups in total. The Kier molecular flexibility index (Phi) is 6.49. The second kappa shape index (κ2) is 10.1. The minimum absolute atomic E-state index is 0.138. The molecular formula is C29H24N4O4S2. The van der Waals surface area contributed by atoms with Crippen LogP contribution in [0, 0.1) is 0 Å². The van der Waals surface area contributed by atoms with Crippen LogP contribution < -0.4 is 13.9 Å². The summed E-state index contributed by atoms with van der Waals surface area (Å²) in [4.78, 5) is 24.5. The number of carbonyl (C=O) groups is 1. The van der Waals surface area contributed by atoms with Gasteiger partial charge in [0.25, 0.3) is 15.9 Å². The summed E-state index contributed by atoms with van der Waals surface area (Å²) in [5.74, 6) is 0.328. The van der Waals surface area contributed by atoms with Crippen molar-refractivity contribution < 1.29 is 17.9 Å². The van der Waals surface area contributed by atoms with E-state index in [2.05, 4.69) is 4.98 Å². The summed E-state index contributed by atoms with van der Waals surface area (Å²) in [7, 11) is -2.18. The molecule has 0 radical (unpaired) electrons. The second-order valence-corrected chi connectivity index (χ2v) is 11.9. The Labute approximate surface area is 230 Å². The van der Waals surface area contributed by atoms with Crippen LogP contribution in [0.2, 0.25) is 0 Å². The van der Waals surface area contributed by atoms with E-state index in [1.54, 1.807) is 36.5 Å². The van der Waals surface area contributed by atoms with Crippen LogP contribution in [0.3, 0.4) is 0 Å². The fraction of sp³-hybridized carbons (Fsp3) is 0.138. The van der Waals surface area contributed by atoms with Crippen LogP contribution in [0.15, 0.2) is 96.2 Å². The van der Waals surface area contributed by atoms with Crippen LogP contribution >= 0.6 is 11.3 Å². The highest BCUT2D eigenvalue weighted by Gasteiger charge is 2.31. The highest BCUT2D eigenvalue weighted by molar-refractivity contribution is 7.92. The lowest BCUT2D eigenvalue weighted by molar-refractivity contribution is 0.0985. The maximum Gasteiger partial charge on any atom is 0.264 e. The molecule has 1 aliphatic heterocycles. The van der Waals surface area contributed by atoms with E-state index >= 15 is 0 Å². The third-order valence-corrected chi connectivity index (χ3v) is 9.53. The van der Waals surface area contributed by atoms with Crippen LogP contribution in [-0.2, 0) is 23.0 Å². The van der Waals surface area contributed by atoms with Crippen molar-refractivity contribution in [2.24, 2.45) is 0 Å². The van der Waals surface area contributed by atoms with Gasteiger partial charge in [-0.1, -0.05) is 41.7 Å². The number of aromatic nitrogens is 2. The Balaban J connectivity index is 1.34. The number of methoxy groups -OCH3 is 1. The predicted molar refractivity (Wildman–Crippen MR) is 152 cm³/mol. The Hall–Kier alpha value is -4.28. The van der Waals surface area contributed by atoms with Crippen molar-refractivity contribution in [2.45, 2.75) is 17.9 Å². The van der Waals surface area contributed by atoms with Gasteiger partial charge in [0.15, 0.2) is 5.13 Å². The van der Waals surface area contributed by atoms with Crippen LogP contribution in [-0.4, -0.2) is 37.9 Å². The zero-order valence-corrected chi connectivity index (χ0v) is 22.7. The smallest absolute Gasteiger partial charge is 0.264 e. The standard InChI is InChI=1S/C29H24N4O4S2/c1-37-25-9-4-10-26-27(25)31-29(38-26)32(19-20-6-5-16-30-18-20)28(34)22-11-13-23(14-12-22)39(35,36)33-17-15-21-7-2-3-8-24(21)33/h2-14,16,18H,15,17,19H2,1H3. The van der Waals surface area contributed by atoms with Gasteiger partial charge in [-0.3, -0.25) is 19.0 Å². The number of nitrogens with zero attached hydrogens (tertiary/aromatic N) is 4. The van der Waals surface area contributed by atoms with Crippen LogP contribution in [0.4, 0.5) is 10.8 Å². The third kappa shape index (κ3) is 4.62. The summed E-state index contributed by atoms with van der Waals surface area (Å²) in [6.45, 7) is 0.641. The number of carbonyl (C=O) groups excluding carboxylic acids is 1. The van der Waals surface area contributed by atoms with Gasteiger partial charge < -0.3 is 4.74 Å². The fourth-order valence-corrected chi connectivity index (χ4v) is 7.19. The first-order valence-corrected chi connectivity index (χ1v) is 14.6. The van der Waals surface area contributed by atoms with Crippen molar-refractivity contribution in [3.8, 4) is 5.75 Å². The predicted octanol–water partition coefficient (Wildman–Crippen LogP) is 5.30. The number of rotatable bonds is 7. The summed E-state index contributed by atoms with van der Waals surface area (Å²) in [6.07, 6.45) is 4.05. The molecule has 8 nitrogen and oxygen atoms in total. The highest BCUT2D eigenvalue weighted by atomic mass is 32.2. The molecule has 196 valence electrons. The molecule has 1 amide bonds. The van der Waals surface area contributed by atoms with Gasteiger partial charge >= 0.3 is 0 Å². The van der Waals surface area contributed by atoms with Gasteiger partial charge in [-0.05, 0) is 66.1 Å². The Morgan fingerprint density at radius 3 is 2.62 bits per heavy atom. The van der Waals surface area contributed by atoms with E-state index in [1.807, 2.05) is 54.6 Å². The Bertz CT molecular complexity index is 1770. The number of thiazole rings is 1. The number of ether oxygens (including phenoxy) is 1. The molecule has 0 atom stereocenters. The van der Waals surface area contributed by atoms with E-state index in [1.165, 1.54) is 27.8 Å². The molecule has 0 saturated carbocycles. The number of para-hydroxylation sites is 2. The average Bonchev–Trinajstić information content (AvgIpc) is 3.61. The SMILES string of the molecule is COc1cccc2sc(N(Cc3cccnc3)C(=O)c3ccc(S(=O)(=O)N4CCc5ccccc54)cc3)nc12. The van der Waals surface area contributed by atoms with Gasteiger partial charge in [-0.15, -0.1) is 0 Å². The molecule has 3 heterocycles. The molecule has 0 unspecified atom stereocenters. The molecule has 5 aromatic rings. The zero-order valence-electron chi connectivity index (χ0n) is 21.0. The number of hydrogen-bond donors (Lipinski definition) is 0. The summed E-state index contributed by atoms with van der Waals surface area (Å²) in [5.41, 5.74) is 3.57. The van der Waals surface area contributed by atoms with Gasteiger partial charge in [0, 0.05) is 24.5 Å². The number of anilines is 2. The molecule has 0 spiro atoms. The number of sulfonamides is 1. The van der Waals surface area contributed by atoms with E-state index in [0.717, 1.165) is 15.8 Å². The molecule has 0 saturated heterocycles. The molecule has 0 aliphatic carbocycles. The summed E-state index contributed by atoms with van der Waals surface area (Å²) < 4.78 is 34.7. The van der Waals surface area contributed by atoms with Crippen molar-refractivity contribution in [3.63, 3.8) is 0 Å². The van der Waals surface area contributed by atoms with Gasteiger partial charge in [0.1, 0.15) is 11.3 Å². The lowest BCUT2D eigenvalue weighted by Crippen LogP contribution is -2.31. The molecule has 3 aromatic carbocycles. The molecule has 1 aliphatic rings. The highest BCUT2D eigenvalue weighted by Crippen LogP contribution is 2.36. The monoisotopic (exact) mass is 556 g/mol. The van der Waals surface area contributed by atoms with Gasteiger partial charge in [-0.25, -0.2) is 13.4 Å². The van der Waals surface area contributed by atoms with Crippen molar-refractivity contribution in [1.82, 2.24) is 9.97 Å². The maximum atomic E-state index is 13.8. The van der Waals surface area contributed by atoms with Gasteiger partial charge in [0.05, 0.1) is 28.9 Å². The molecule has 6 rings (SSSR count). The number of benzene rings is 3. The normalized spacial score (nSPS) is 12.9. The van der Waals surface area contributed by atoms with Crippen LogP contribution in [0.5, 0.6) is 5.75 Å². The Morgan fingerprint density at radius 1 is 1.03 bits per heavy atom. The third-order valence-electron chi connectivity index (χ3n) is 6.66. The van der Waals surface area contributed by atoms with E-state index < -0.39 is 10.0 Å². The Morgan fingerprint density at radius 2 is 1.85 bits per heavy atom. The first kappa shape index (κ1) is 25.0. The summed E-state index contributed by atoms with van der Waals surface area (Å²) in [6, 6.07) is 23.0. The minimum Gasteiger partial charge on any atom is -0.494 e. The largest absolute Gasteiger partial charge is 0.494 e. The number of hydrogen-bond acceptors (Lipinski definition) is 7. The van der Waals surface area contributed by atoms with E-state index in [0.29, 0.717) is 40.6 Å². The van der Waals surface area contributed by atoms with E-state index in [4.69, 9.17) is 9.72 Å².